The van der Waals surface area contributed by atoms with Gasteiger partial charge < -0.3 is 0 Å². The van der Waals surface area contributed by atoms with E-state index in [0.717, 1.165) is 41.8 Å². The van der Waals surface area contributed by atoms with Gasteiger partial charge in [-0.3, -0.25) is 9.59 Å². The molecule has 2 amide bonds. The SMILES string of the molecule is CCCc1ccc(-c2nc(N3C(=O)[C@@H]4[C@H](C3=O)[C@@H]3CC[C@H]4C3=C(C)C)sc2C)cc1. The maximum absolute atomic E-state index is 13.4. The number of carbonyl (C=O) groups is 2. The number of imide groups is 1. The Bertz CT molecular complexity index is 1030. The second-order valence-corrected chi connectivity index (χ2v) is 10.3. The zero-order chi connectivity index (χ0) is 21.2. The predicted octanol–water partition coefficient (Wildman–Crippen LogP) is 5.55. The zero-order valence-corrected chi connectivity index (χ0v) is 18.9. The third-order valence-corrected chi connectivity index (χ3v) is 8.13. The smallest absolute Gasteiger partial charge is 0.240 e. The van der Waals surface area contributed by atoms with Crippen molar-refractivity contribution in [1.82, 2.24) is 4.98 Å². The molecule has 2 aromatic rings. The highest BCUT2D eigenvalue weighted by atomic mass is 32.1. The number of aryl methyl sites for hydroxylation is 2. The summed E-state index contributed by atoms with van der Waals surface area (Å²) in [6.07, 6.45) is 4.26. The van der Waals surface area contributed by atoms with Gasteiger partial charge in [-0.1, -0.05) is 48.8 Å². The number of thiazole rings is 1. The number of hydrogen-bond donors (Lipinski definition) is 0. The van der Waals surface area contributed by atoms with Crippen molar-refractivity contribution < 1.29 is 9.59 Å². The molecular formula is C25H28N2O2S. The summed E-state index contributed by atoms with van der Waals surface area (Å²) in [7, 11) is 0. The van der Waals surface area contributed by atoms with E-state index in [0.29, 0.717) is 5.13 Å². The van der Waals surface area contributed by atoms with Crippen molar-refractivity contribution >= 4 is 28.3 Å². The molecule has 30 heavy (non-hydrogen) atoms. The Kier molecular flexibility index (Phi) is 4.69. The lowest BCUT2D eigenvalue weighted by Gasteiger charge is -2.18. The number of hydrogen-bond acceptors (Lipinski definition) is 4. The average Bonchev–Trinajstić information content (AvgIpc) is 3.44. The molecule has 3 fully saturated rings. The van der Waals surface area contributed by atoms with E-state index in [9.17, 15) is 9.59 Å². The molecule has 5 rings (SSSR count). The van der Waals surface area contributed by atoms with E-state index in [1.807, 2.05) is 6.92 Å². The van der Waals surface area contributed by atoms with Gasteiger partial charge in [-0.15, -0.1) is 11.3 Å². The van der Waals surface area contributed by atoms with E-state index in [-0.39, 0.29) is 35.5 Å². The molecule has 4 atom stereocenters. The van der Waals surface area contributed by atoms with Crippen LogP contribution in [-0.4, -0.2) is 16.8 Å². The minimum absolute atomic E-state index is 0.0328. The van der Waals surface area contributed by atoms with Gasteiger partial charge in [0.2, 0.25) is 11.8 Å². The molecule has 1 aromatic carbocycles. The van der Waals surface area contributed by atoms with Gasteiger partial charge in [0.25, 0.3) is 0 Å². The molecule has 1 aliphatic heterocycles. The van der Waals surface area contributed by atoms with Gasteiger partial charge >= 0.3 is 0 Å². The summed E-state index contributed by atoms with van der Waals surface area (Å²) in [5.74, 6) is 0.0736. The van der Waals surface area contributed by atoms with Gasteiger partial charge in [0, 0.05) is 10.4 Å². The van der Waals surface area contributed by atoms with Crippen molar-refractivity contribution in [2.75, 3.05) is 4.90 Å². The Labute approximate surface area is 182 Å². The quantitative estimate of drug-likeness (QED) is 0.481. The van der Waals surface area contributed by atoms with Crippen LogP contribution < -0.4 is 4.90 Å². The minimum Gasteiger partial charge on any atom is -0.274 e. The van der Waals surface area contributed by atoms with E-state index < -0.39 is 0 Å². The molecule has 156 valence electrons. The summed E-state index contributed by atoms with van der Waals surface area (Å²) in [5.41, 5.74) is 5.92. The van der Waals surface area contributed by atoms with Crippen LogP contribution in [0.2, 0.25) is 0 Å². The molecule has 5 heteroatoms. The summed E-state index contributed by atoms with van der Waals surface area (Å²) < 4.78 is 0. The number of carbonyl (C=O) groups excluding carboxylic acids is 2. The van der Waals surface area contributed by atoms with Crippen LogP contribution in [0.25, 0.3) is 11.3 Å². The van der Waals surface area contributed by atoms with Gasteiger partial charge in [-0.25, -0.2) is 9.88 Å². The van der Waals surface area contributed by atoms with Gasteiger partial charge in [0.05, 0.1) is 17.5 Å². The number of aromatic nitrogens is 1. The Balaban J connectivity index is 1.47. The Hall–Kier alpha value is -2.27. The molecule has 1 aromatic heterocycles. The number of fused-ring (bicyclic) bond motifs is 5. The molecule has 0 unspecified atom stereocenters. The topological polar surface area (TPSA) is 50.3 Å². The molecule has 2 aliphatic carbocycles. The molecule has 1 saturated heterocycles. The number of anilines is 1. The summed E-state index contributed by atoms with van der Waals surface area (Å²) in [6, 6.07) is 8.49. The maximum atomic E-state index is 13.4. The molecule has 0 N–H and O–H groups in total. The fourth-order valence-corrected chi connectivity index (χ4v) is 6.99. The van der Waals surface area contributed by atoms with Gasteiger partial charge in [-0.05, 0) is 57.4 Å². The van der Waals surface area contributed by atoms with Crippen LogP contribution in [0.15, 0.2) is 35.4 Å². The average molecular weight is 421 g/mol. The Morgan fingerprint density at radius 3 is 2.20 bits per heavy atom. The Morgan fingerprint density at radius 2 is 1.67 bits per heavy atom. The summed E-state index contributed by atoms with van der Waals surface area (Å²) >= 11 is 1.46. The van der Waals surface area contributed by atoms with Crippen molar-refractivity contribution in [2.45, 2.75) is 53.4 Å². The fraction of sp³-hybridized carbons (Fsp3) is 0.480. The lowest BCUT2D eigenvalue weighted by atomic mass is 9.81. The number of amides is 2. The van der Waals surface area contributed by atoms with Gasteiger partial charge in [-0.2, -0.15) is 0 Å². The highest BCUT2D eigenvalue weighted by molar-refractivity contribution is 7.16. The van der Waals surface area contributed by atoms with Crippen LogP contribution in [0.3, 0.4) is 0 Å². The number of rotatable bonds is 4. The molecule has 0 radical (unpaired) electrons. The third-order valence-electron chi connectivity index (χ3n) is 7.17. The van der Waals surface area contributed by atoms with E-state index in [1.165, 1.54) is 32.9 Å². The van der Waals surface area contributed by atoms with Crippen molar-refractivity contribution in [1.29, 1.82) is 0 Å². The molecule has 0 spiro atoms. The first-order valence-corrected chi connectivity index (χ1v) is 11.9. The summed E-state index contributed by atoms with van der Waals surface area (Å²) in [6.45, 7) is 8.44. The van der Waals surface area contributed by atoms with Crippen LogP contribution in [-0.2, 0) is 16.0 Å². The largest absolute Gasteiger partial charge is 0.274 e. The van der Waals surface area contributed by atoms with E-state index >= 15 is 0 Å². The van der Waals surface area contributed by atoms with Crippen molar-refractivity contribution in [2.24, 2.45) is 23.7 Å². The lowest BCUT2D eigenvalue weighted by molar-refractivity contribution is -0.123. The summed E-state index contributed by atoms with van der Waals surface area (Å²) in [5, 5.41) is 0.544. The van der Waals surface area contributed by atoms with Crippen molar-refractivity contribution in [3.63, 3.8) is 0 Å². The van der Waals surface area contributed by atoms with Crippen LogP contribution in [0.1, 0.15) is 50.5 Å². The molecule has 4 nitrogen and oxygen atoms in total. The van der Waals surface area contributed by atoms with Crippen molar-refractivity contribution in [3.05, 3.63) is 45.9 Å². The molecule has 2 bridgehead atoms. The van der Waals surface area contributed by atoms with Crippen LogP contribution >= 0.6 is 11.3 Å². The minimum atomic E-state index is -0.179. The van der Waals surface area contributed by atoms with Crippen LogP contribution in [0.4, 0.5) is 5.13 Å². The first-order valence-electron chi connectivity index (χ1n) is 11.0. The molecule has 3 aliphatic rings. The highest BCUT2D eigenvalue weighted by Crippen LogP contribution is 2.60. The molecule has 2 saturated carbocycles. The summed E-state index contributed by atoms with van der Waals surface area (Å²) in [4.78, 5) is 34.0. The first-order chi connectivity index (χ1) is 14.4. The zero-order valence-electron chi connectivity index (χ0n) is 18.1. The third kappa shape index (κ3) is 2.74. The van der Waals surface area contributed by atoms with Gasteiger partial charge in [0.1, 0.15) is 0 Å². The fourth-order valence-electron chi connectivity index (χ4n) is 6.04. The van der Waals surface area contributed by atoms with Gasteiger partial charge in [0.15, 0.2) is 5.13 Å². The second-order valence-electron chi connectivity index (χ2n) is 9.16. The highest BCUT2D eigenvalue weighted by Gasteiger charge is 2.64. The van der Waals surface area contributed by atoms with E-state index in [2.05, 4.69) is 45.0 Å². The first kappa shape index (κ1) is 19.7. The molecule has 2 heterocycles. The Morgan fingerprint density at radius 1 is 1.07 bits per heavy atom. The van der Waals surface area contributed by atoms with Crippen LogP contribution in [0, 0.1) is 30.6 Å². The van der Waals surface area contributed by atoms with Crippen LogP contribution in [0.5, 0.6) is 0 Å². The number of benzene rings is 1. The van der Waals surface area contributed by atoms with E-state index in [1.54, 1.807) is 0 Å². The number of nitrogens with zero attached hydrogens (tertiary/aromatic N) is 2. The second kappa shape index (κ2) is 7.16. The lowest BCUT2D eigenvalue weighted by Crippen LogP contribution is -2.33. The normalized spacial score (nSPS) is 27.3. The predicted molar refractivity (Wildman–Crippen MR) is 120 cm³/mol. The monoisotopic (exact) mass is 420 g/mol. The number of allylic oxidation sites excluding steroid dienone is 2. The van der Waals surface area contributed by atoms with E-state index in [4.69, 9.17) is 4.98 Å². The molecular weight excluding hydrogens is 392 g/mol. The van der Waals surface area contributed by atoms with Crippen molar-refractivity contribution in [3.8, 4) is 11.3 Å². The standard InChI is InChI=1S/C25H28N2O2S/c1-5-6-15-7-9-16(10-8-15)22-14(4)30-25(26-22)27-23(28)20-17-11-12-18(19(17)13(2)3)21(20)24(27)29/h7-10,17-18,20-21H,5-6,11-12H2,1-4H3/t17-,18+,20-,21+. The maximum Gasteiger partial charge on any atom is 0.240 e.